The molecule has 0 radical (unpaired) electrons. The number of rotatable bonds is 18. The monoisotopic (exact) mass is 629 g/mol. The Morgan fingerprint density at radius 3 is 1.34 bits per heavy atom. The number of alkyl carbamates (subject to hydrolysis) is 2. The van der Waals surface area contributed by atoms with Gasteiger partial charge in [-0.1, -0.05) is 89.0 Å². The van der Waals surface area contributed by atoms with Crippen LogP contribution in [-0.2, 0) is 9.47 Å². The van der Waals surface area contributed by atoms with Gasteiger partial charge in [0.2, 0.25) is 0 Å². The van der Waals surface area contributed by atoms with E-state index in [2.05, 4.69) is 38.3 Å². The number of nitrogens with two attached hydrogens (primary N) is 2. The molecule has 44 heavy (non-hydrogen) atoms. The van der Waals surface area contributed by atoms with Crippen molar-refractivity contribution >= 4 is 12.2 Å². The van der Waals surface area contributed by atoms with E-state index in [0.29, 0.717) is 31.8 Å². The summed E-state index contributed by atoms with van der Waals surface area (Å²) in [7, 11) is 0. The summed E-state index contributed by atoms with van der Waals surface area (Å²) in [5.41, 5.74) is 9.97. The molecule has 0 aromatic heterocycles. The number of carbonyl (C=O) groups is 2. The van der Waals surface area contributed by atoms with Gasteiger partial charge in [0.25, 0.3) is 0 Å². The third kappa shape index (κ3) is 14.2. The van der Waals surface area contributed by atoms with Crippen molar-refractivity contribution in [2.24, 2.45) is 39.0 Å². The number of ether oxygens (including phenoxy) is 2. The number of hydrogen-bond acceptors (Lipinski definition) is 7. The van der Waals surface area contributed by atoms with Crippen molar-refractivity contribution in [3.8, 4) is 0 Å². The van der Waals surface area contributed by atoms with Gasteiger partial charge in [-0.15, -0.1) is 0 Å². The predicted molar refractivity (Wildman–Crippen MR) is 182 cm³/mol. The molecular formula is C35H72N4O5. The number of aliphatic hydroxyl groups is 1. The summed E-state index contributed by atoms with van der Waals surface area (Å²) < 4.78 is 11.8. The first-order valence-corrected chi connectivity index (χ1v) is 16.7. The highest BCUT2D eigenvalue weighted by Crippen LogP contribution is 2.50. The van der Waals surface area contributed by atoms with Crippen LogP contribution in [0.25, 0.3) is 0 Å². The van der Waals surface area contributed by atoms with Crippen LogP contribution in [0.5, 0.6) is 0 Å². The van der Waals surface area contributed by atoms with Gasteiger partial charge >= 0.3 is 12.2 Å². The second-order valence-electron chi connectivity index (χ2n) is 17.6. The minimum absolute atomic E-state index is 0.206. The lowest BCUT2D eigenvalue weighted by molar-refractivity contribution is -0.139. The fourth-order valence-corrected chi connectivity index (χ4v) is 5.40. The van der Waals surface area contributed by atoms with Crippen molar-refractivity contribution < 1.29 is 24.2 Å². The first-order valence-electron chi connectivity index (χ1n) is 16.7. The SMILES string of the molecule is CC(C)C(C)(C)C(CC(C)(C)N)OC(=O)NCCCCCCNC(=O)OC(CC(C)(C)N)C(C)(C)C(C)(C)C(O)C(C)(C)C. The van der Waals surface area contributed by atoms with E-state index in [1.807, 2.05) is 76.2 Å². The smallest absolute Gasteiger partial charge is 0.407 e. The third-order valence-electron chi connectivity index (χ3n) is 9.85. The van der Waals surface area contributed by atoms with Crippen molar-refractivity contribution in [3.63, 3.8) is 0 Å². The van der Waals surface area contributed by atoms with Crippen molar-refractivity contribution in [1.82, 2.24) is 10.6 Å². The van der Waals surface area contributed by atoms with Crippen LogP contribution in [0, 0.1) is 27.6 Å². The van der Waals surface area contributed by atoms with Crippen LogP contribution in [-0.4, -0.2) is 59.8 Å². The summed E-state index contributed by atoms with van der Waals surface area (Å²) in [6, 6.07) is 0. The molecule has 0 fully saturated rings. The molecule has 2 amide bonds. The van der Waals surface area contributed by atoms with Crippen LogP contribution >= 0.6 is 0 Å². The average molecular weight is 629 g/mol. The van der Waals surface area contributed by atoms with Gasteiger partial charge in [-0.25, -0.2) is 9.59 Å². The largest absolute Gasteiger partial charge is 0.446 e. The Balaban J connectivity index is 4.82. The maximum Gasteiger partial charge on any atom is 0.407 e. The zero-order valence-electron chi connectivity index (χ0n) is 31.2. The van der Waals surface area contributed by atoms with Gasteiger partial charge in [-0.3, -0.25) is 0 Å². The Bertz CT molecular complexity index is 879. The highest BCUT2D eigenvalue weighted by atomic mass is 16.6. The Morgan fingerprint density at radius 1 is 0.636 bits per heavy atom. The number of carbonyl (C=O) groups excluding carboxylic acids is 2. The van der Waals surface area contributed by atoms with Crippen molar-refractivity contribution in [1.29, 1.82) is 0 Å². The Labute approximate surface area is 270 Å². The van der Waals surface area contributed by atoms with Gasteiger partial charge in [0, 0.05) is 47.8 Å². The zero-order valence-corrected chi connectivity index (χ0v) is 31.2. The molecule has 0 aromatic rings. The van der Waals surface area contributed by atoms with Crippen LogP contribution in [0.4, 0.5) is 9.59 Å². The van der Waals surface area contributed by atoms with Gasteiger partial charge in [-0.2, -0.15) is 0 Å². The van der Waals surface area contributed by atoms with E-state index >= 15 is 0 Å². The fourth-order valence-electron chi connectivity index (χ4n) is 5.40. The number of nitrogens with one attached hydrogen (secondary N) is 2. The molecule has 3 atom stereocenters. The number of unbranched alkanes of at least 4 members (excludes halogenated alkanes) is 3. The van der Waals surface area contributed by atoms with Crippen molar-refractivity contribution in [2.75, 3.05) is 13.1 Å². The van der Waals surface area contributed by atoms with Crippen LogP contribution in [0.2, 0.25) is 0 Å². The second-order valence-corrected chi connectivity index (χ2v) is 17.6. The molecule has 0 aliphatic rings. The molecule has 0 aliphatic heterocycles. The second kappa shape index (κ2) is 16.3. The standard InChI is InChI=1S/C35H72N4O5/c1-24(2)33(10,11)25(22-31(6,7)36)43-28(41)38-20-18-16-17-19-21-39-29(42)44-26(23-32(8,9)37)34(12,13)35(14,15)27(40)30(3,4)5/h24-27,40H,16-23,36-37H2,1-15H3,(H,38,41)(H,39,42). The predicted octanol–water partition coefficient (Wildman–Crippen LogP) is 7.13. The molecule has 0 rings (SSSR count). The van der Waals surface area contributed by atoms with E-state index in [1.54, 1.807) is 0 Å². The Kier molecular flexibility index (Phi) is 15.7. The van der Waals surface area contributed by atoms with E-state index in [9.17, 15) is 14.7 Å². The van der Waals surface area contributed by atoms with E-state index in [0.717, 1.165) is 25.7 Å². The molecule has 0 saturated heterocycles. The maximum atomic E-state index is 12.9. The summed E-state index contributed by atoms with van der Waals surface area (Å²) in [5, 5.41) is 17.0. The molecule has 3 unspecified atom stereocenters. The molecule has 7 N–H and O–H groups in total. The highest BCUT2D eigenvalue weighted by molar-refractivity contribution is 5.67. The molecule has 0 saturated carbocycles. The Hall–Kier alpha value is -1.58. The first kappa shape index (κ1) is 42.4. The highest BCUT2D eigenvalue weighted by Gasteiger charge is 2.52. The molecule has 0 heterocycles. The van der Waals surface area contributed by atoms with Crippen LogP contribution in [0.15, 0.2) is 0 Å². The van der Waals surface area contributed by atoms with Crippen LogP contribution in [0.3, 0.4) is 0 Å². The molecule has 0 bridgehead atoms. The van der Waals surface area contributed by atoms with Gasteiger partial charge in [0.05, 0.1) is 6.10 Å². The minimum atomic E-state index is -0.622. The zero-order chi connectivity index (χ0) is 34.9. The van der Waals surface area contributed by atoms with E-state index in [-0.39, 0.29) is 16.9 Å². The summed E-state index contributed by atoms with van der Waals surface area (Å²) in [4.78, 5) is 25.4. The number of hydrogen-bond donors (Lipinski definition) is 5. The molecular weight excluding hydrogens is 556 g/mol. The van der Waals surface area contributed by atoms with E-state index < -0.39 is 46.3 Å². The maximum absolute atomic E-state index is 12.9. The summed E-state index contributed by atoms with van der Waals surface area (Å²) >= 11 is 0. The van der Waals surface area contributed by atoms with Gasteiger partial charge in [-0.05, 0) is 57.3 Å². The molecule has 0 spiro atoms. The van der Waals surface area contributed by atoms with Gasteiger partial charge < -0.3 is 36.7 Å². The number of amides is 2. The van der Waals surface area contributed by atoms with E-state index in [4.69, 9.17) is 20.9 Å². The molecule has 9 heteroatoms. The summed E-state index contributed by atoms with van der Waals surface area (Å²) in [5.74, 6) is 0.326. The quantitative estimate of drug-likeness (QED) is 0.101. The first-order chi connectivity index (χ1) is 19.6. The minimum Gasteiger partial charge on any atom is -0.446 e. The van der Waals surface area contributed by atoms with Crippen LogP contribution < -0.4 is 22.1 Å². The van der Waals surface area contributed by atoms with Crippen molar-refractivity contribution in [2.45, 2.75) is 172 Å². The topological polar surface area (TPSA) is 149 Å². The van der Waals surface area contributed by atoms with Crippen LogP contribution in [0.1, 0.15) is 142 Å². The van der Waals surface area contributed by atoms with Gasteiger partial charge in [0.15, 0.2) is 0 Å². The number of aliphatic hydroxyl groups excluding tert-OH is 1. The lowest BCUT2D eigenvalue weighted by Gasteiger charge is -2.52. The van der Waals surface area contributed by atoms with Gasteiger partial charge in [0.1, 0.15) is 12.2 Å². The summed E-state index contributed by atoms with van der Waals surface area (Å²) in [6.07, 6.45) is 2.16. The third-order valence-corrected chi connectivity index (χ3v) is 9.85. The van der Waals surface area contributed by atoms with Crippen molar-refractivity contribution in [3.05, 3.63) is 0 Å². The fraction of sp³-hybridized carbons (Fsp3) is 0.943. The lowest BCUT2D eigenvalue weighted by atomic mass is 9.56. The lowest BCUT2D eigenvalue weighted by Crippen LogP contribution is -2.56. The molecule has 9 nitrogen and oxygen atoms in total. The molecule has 0 aliphatic carbocycles. The molecule has 0 aromatic carbocycles. The normalized spacial score (nSPS) is 15.9. The Morgan fingerprint density at radius 2 is 1.00 bits per heavy atom. The molecule has 262 valence electrons. The summed E-state index contributed by atoms with van der Waals surface area (Å²) in [6.45, 7) is 31.4. The van der Waals surface area contributed by atoms with E-state index in [1.165, 1.54) is 0 Å². The average Bonchev–Trinajstić information content (AvgIpc) is 2.81.